The van der Waals surface area contributed by atoms with E-state index in [4.69, 9.17) is 9.47 Å². The van der Waals surface area contributed by atoms with Crippen molar-refractivity contribution in [1.29, 1.82) is 0 Å². The van der Waals surface area contributed by atoms with Crippen LogP contribution in [0.2, 0.25) is 0 Å². The number of morpholine rings is 1. The predicted molar refractivity (Wildman–Crippen MR) is 74.2 cm³/mol. The van der Waals surface area contributed by atoms with Gasteiger partial charge in [-0.1, -0.05) is 0 Å². The van der Waals surface area contributed by atoms with Gasteiger partial charge in [0.15, 0.2) is 0 Å². The van der Waals surface area contributed by atoms with Crippen molar-refractivity contribution >= 4 is 12.0 Å². The number of nitrogens with one attached hydrogen (secondary N) is 1. The summed E-state index contributed by atoms with van der Waals surface area (Å²) in [4.78, 5) is 26.8. The van der Waals surface area contributed by atoms with Gasteiger partial charge in [0.05, 0.1) is 18.8 Å². The lowest BCUT2D eigenvalue weighted by molar-refractivity contribution is -0.141. The number of carbonyl (C=O) groups is 2. The first-order chi connectivity index (χ1) is 10.0. The fourth-order valence-electron chi connectivity index (χ4n) is 2.72. The van der Waals surface area contributed by atoms with Gasteiger partial charge in [-0.25, -0.2) is 9.59 Å². The second-order valence-electron chi connectivity index (χ2n) is 5.54. The van der Waals surface area contributed by atoms with Gasteiger partial charge in [0.1, 0.15) is 6.04 Å². The van der Waals surface area contributed by atoms with Crippen LogP contribution in [-0.2, 0) is 14.3 Å². The first-order valence-corrected chi connectivity index (χ1v) is 7.11. The number of methoxy groups -OCH3 is 1. The molecule has 2 aliphatic rings. The smallest absolute Gasteiger partial charge is 0.326 e. The average molecular weight is 301 g/mol. The molecule has 0 bridgehead atoms. The zero-order valence-electron chi connectivity index (χ0n) is 12.4. The highest BCUT2D eigenvalue weighted by molar-refractivity contribution is 5.83. The standard InChI is InChI=1S/C13H23N3O5/c1-15-3-4-21-10(7-15)6-14-13(19)16-8-9(20-2)5-11(16)12(17)18/h9-11H,3-8H2,1-2H3,(H,14,19)(H,17,18). The molecule has 0 saturated carbocycles. The molecule has 2 aliphatic heterocycles. The third-order valence-electron chi connectivity index (χ3n) is 3.96. The van der Waals surface area contributed by atoms with Crippen LogP contribution >= 0.6 is 0 Å². The number of amides is 2. The molecule has 0 radical (unpaired) electrons. The van der Waals surface area contributed by atoms with Crippen LogP contribution in [0.4, 0.5) is 4.79 Å². The SMILES string of the molecule is COC1CC(C(=O)O)N(C(=O)NCC2CN(C)CCO2)C1. The Bertz CT molecular complexity index is 392. The topological polar surface area (TPSA) is 91.3 Å². The number of nitrogens with zero attached hydrogens (tertiary/aromatic N) is 2. The molecular weight excluding hydrogens is 278 g/mol. The molecule has 3 atom stereocenters. The number of hydrogen-bond donors (Lipinski definition) is 2. The van der Waals surface area contributed by atoms with Crippen LogP contribution in [0.1, 0.15) is 6.42 Å². The Hall–Kier alpha value is -1.38. The van der Waals surface area contributed by atoms with Crippen molar-refractivity contribution in [2.45, 2.75) is 24.7 Å². The minimum atomic E-state index is -1.00. The number of carbonyl (C=O) groups excluding carboxylic acids is 1. The highest BCUT2D eigenvalue weighted by Gasteiger charge is 2.40. The lowest BCUT2D eigenvalue weighted by Crippen LogP contribution is -2.51. The van der Waals surface area contributed by atoms with Crippen LogP contribution < -0.4 is 5.32 Å². The number of likely N-dealkylation sites (tertiary alicyclic amines) is 1. The Morgan fingerprint density at radius 3 is 2.81 bits per heavy atom. The number of aliphatic carboxylic acids is 1. The van der Waals surface area contributed by atoms with Gasteiger partial charge in [0.2, 0.25) is 0 Å². The number of carboxylic acid groups (broad SMARTS) is 1. The van der Waals surface area contributed by atoms with Crippen molar-refractivity contribution in [1.82, 2.24) is 15.1 Å². The summed E-state index contributed by atoms with van der Waals surface area (Å²) in [6.07, 6.45) is 0.0350. The van der Waals surface area contributed by atoms with Crippen LogP contribution in [0.25, 0.3) is 0 Å². The van der Waals surface area contributed by atoms with Crippen LogP contribution in [0, 0.1) is 0 Å². The molecule has 2 rings (SSSR count). The molecule has 8 heteroatoms. The van der Waals surface area contributed by atoms with Crippen LogP contribution in [0.3, 0.4) is 0 Å². The summed E-state index contributed by atoms with van der Waals surface area (Å²) in [5.74, 6) is -1.00. The first kappa shape index (κ1) is 16.0. The molecule has 120 valence electrons. The summed E-state index contributed by atoms with van der Waals surface area (Å²) in [6, 6.07) is -1.20. The third kappa shape index (κ3) is 4.05. The Morgan fingerprint density at radius 2 is 2.19 bits per heavy atom. The number of likely N-dealkylation sites (N-methyl/N-ethyl adjacent to an activating group) is 1. The monoisotopic (exact) mass is 301 g/mol. The molecule has 0 spiro atoms. The Balaban J connectivity index is 1.85. The van der Waals surface area contributed by atoms with Crippen LogP contribution in [0.15, 0.2) is 0 Å². The fourth-order valence-corrected chi connectivity index (χ4v) is 2.72. The number of ether oxygens (including phenoxy) is 2. The first-order valence-electron chi connectivity index (χ1n) is 7.11. The van der Waals surface area contributed by atoms with E-state index in [1.807, 2.05) is 7.05 Å². The van der Waals surface area contributed by atoms with E-state index >= 15 is 0 Å². The molecule has 3 unspecified atom stereocenters. The van der Waals surface area contributed by atoms with E-state index in [0.29, 0.717) is 26.1 Å². The molecular formula is C13H23N3O5. The maximum atomic E-state index is 12.2. The largest absolute Gasteiger partial charge is 0.480 e. The van der Waals surface area contributed by atoms with Gasteiger partial charge in [0, 0.05) is 39.7 Å². The van der Waals surface area contributed by atoms with Crippen molar-refractivity contribution in [3.8, 4) is 0 Å². The highest BCUT2D eigenvalue weighted by Crippen LogP contribution is 2.20. The maximum Gasteiger partial charge on any atom is 0.326 e. The van der Waals surface area contributed by atoms with E-state index in [9.17, 15) is 14.7 Å². The second-order valence-corrected chi connectivity index (χ2v) is 5.54. The lowest BCUT2D eigenvalue weighted by Gasteiger charge is -2.31. The Morgan fingerprint density at radius 1 is 1.43 bits per heavy atom. The summed E-state index contributed by atoms with van der Waals surface area (Å²) in [5, 5.41) is 11.9. The van der Waals surface area contributed by atoms with E-state index in [2.05, 4.69) is 10.2 Å². The maximum absolute atomic E-state index is 12.2. The molecule has 0 aliphatic carbocycles. The Labute approximate surface area is 124 Å². The molecule has 0 aromatic carbocycles. The van der Waals surface area contributed by atoms with E-state index in [-0.39, 0.29) is 18.2 Å². The molecule has 8 nitrogen and oxygen atoms in total. The molecule has 2 heterocycles. The second kappa shape index (κ2) is 7.06. The van der Waals surface area contributed by atoms with Gasteiger partial charge < -0.3 is 29.7 Å². The quantitative estimate of drug-likeness (QED) is 0.706. The van der Waals surface area contributed by atoms with E-state index < -0.39 is 12.0 Å². The fraction of sp³-hybridized carbons (Fsp3) is 0.846. The zero-order valence-corrected chi connectivity index (χ0v) is 12.4. The highest BCUT2D eigenvalue weighted by atomic mass is 16.5. The summed E-state index contributed by atoms with van der Waals surface area (Å²) < 4.78 is 10.7. The predicted octanol–water partition coefficient (Wildman–Crippen LogP) is -0.799. The van der Waals surface area contributed by atoms with Gasteiger partial charge in [-0.3, -0.25) is 0 Å². The molecule has 2 fully saturated rings. The van der Waals surface area contributed by atoms with E-state index in [1.165, 1.54) is 12.0 Å². The van der Waals surface area contributed by atoms with Crippen LogP contribution in [0.5, 0.6) is 0 Å². The van der Waals surface area contributed by atoms with Gasteiger partial charge in [-0.05, 0) is 7.05 Å². The number of hydrogen-bond acceptors (Lipinski definition) is 5. The molecule has 0 aromatic heterocycles. The number of urea groups is 1. The average Bonchev–Trinajstić information content (AvgIpc) is 2.89. The molecule has 2 amide bonds. The zero-order chi connectivity index (χ0) is 15.4. The number of carboxylic acids is 1. The van der Waals surface area contributed by atoms with Crippen molar-refractivity contribution in [3.05, 3.63) is 0 Å². The third-order valence-corrected chi connectivity index (χ3v) is 3.96. The number of rotatable bonds is 4. The van der Waals surface area contributed by atoms with Crippen molar-refractivity contribution in [2.75, 3.05) is 46.9 Å². The molecule has 0 aromatic rings. The van der Waals surface area contributed by atoms with Crippen molar-refractivity contribution < 1.29 is 24.2 Å². The molecule has 2 N–H and O–H groups in total. The minimum absolute atomic E-state index is 0.0585. The van der Waals surface area contributed by atoms with Crippen LogP contribution in [-0.4, -0.2) is 92.1 Å². The summed E-state index contributed by atoms with van der Waals surface area (Å²) >= 11 is 0. The normalized spacial score (nSPS) is 30.4. The van der Waals surface area contributed by atoms with E-state index in [1.54, 1.807) is 0 Å². The molecule has 2 saturated heterocycles. The van der Waals surface area contributed by atoms with Crippen molar-refractivity contribution in [3.63, 3.8) is 0 Å². The summed E-state index contributed by atoms with van der Waals surface area (Å²) in [7, 11) is 3.53. The summed E-state index contributed by atoms with van der Waals surface area (Å²) in [6.45, 7) is 2.95. The van der Waals surface area contributed by atoms with Gasteiger partial charge >= 0.3 is 12.0 Å². The van der Waals surface area contributed by atoms with Gasteiger partial charge in [-0.15, -0.1) is 0 Å². The lowest BCUT2D eigenvalue weighted by atomic mass is 10.2. The summed E-state index contributed by atoms with van der Waals surface area (Å²) in [5.41, 5.74) is 0. The van der Waals surface area contributed by atoms with Gasteiger partial charge in [0.25, 0.3) is 0 Å². The van der Waals surface area contributed by atoms with Gasteiger partial charge in [-0.2, -0.15) is 0 Å². The van der Waals surface area contributed by atoms with E-state index in [0.717, 1.165) is 13.1 Å². The molecule has 21 heavy (non-hydrogen) atoms. The van der Waals surface area contributed by atoms with Crippen molar-refractivity contribution in [2.24, 2.45) is 0 Å². The minimum Gasteiger partial charge on any atom is -0.480 e. The Kier molecular flexibility index (Phi) is 5.38.